The first kappa shape index (κ1) is 10.9. The van der Waals surface area contributed by atoms with Gasteiger partial charge < -0.3 is 14.4 Å². The summed E-state index contributed by atoms with van der Waals surface area (Å²) in [6.45, 7) is 6.07. The van der Waals surface area contributed by atoms with Gasteiger partial charge in [0.1, 0.15) is 6.10 Å². The van der Waals surface area contributed by atoms with Gasteiger partial charge in [0.25, 0.3) is 5.91 Å². The summed E-state index contributed by atoms with van der Waals surface area (Å²) in [5.41, 5.74) is 0. The minimum absolute atomic E-state index is 0.149. The first-order chi connectivity index (χ1) is 7.20. The van der Waals surface area contributed by atoms with Crippen molar-refractivity contribution < 1.29 is 14.3 Å². The van der Waals surface area contributed by atoms with Crippen LogP contribution in [-0.2, 0) is 14.3 Å². The Bertz CT molecular complexity index is 228. The van der Waals surface area contributed by atoms with Crippen molar-refractivity contribution in [3.63, 3.8) is 0 Å². The van der Waals surface area contributed by atoms with Gasteiger partial charge in [0.2, 0.25) is 0 Å². The number of hydrogen-bond acceptors (Lipinski definition) is 3. The van der Waals surface area contributed by atoms with Crippen LogP contribution >= 0.6 is 0 Å². The van der Waals surface area contributed by atoms with Gasteiger partial charge in [0.05, 0.1) is 25.3 Å². The lowest BCUT2D eigenvalue weighted by molar-refractivity contribution is -0.153. The topological polar surface area (TPSA) is 38.8 Å². The summed E-state index contributed by atoms with van der Waals surface area (Å²) in [6, 6.07) is 0.343. The normalized spacial score (nSPS) is 36.9. The van der Waals surface area contributed by atoms with Crippen LogP contribution in [0.1, 0.15) is 26.7 Å². The minimum atomic E-state index is -0.201. The summed E-state index contributed by atoms with van der Waals surface area (Å²) in [4.78, 5) is 14.1. The molecular formula is C11H19NO3. The Kier molecular flexibility index (Phi) is 3.26. The molecule has 86 valence electrons. The third kappa shape index (κ3) is 2.16. The van der Waals surface area contributed by atoms with E-state index in [9.17, 15) is 4.79 Å². The highest BCUT2D eigenvalue weighted by Crippen LogP contribution is 2.20. The second kappa shape index (κ2) is 4.49. The van der Waals surface area contributed by atoms with Crippen LogP contribution in [0, 0.1) is 0 Å². The lowest BCUT2D eigenvalue weighted by Gasteiger charge is -2.39. The van der Waals surface area contributed by atoms with Gasteiger partial charge in [0.15, 0.2) is 0 Å². The molecule has 0 N–H and O–H groups in total. The average molecular weight is 213 g/mol. The molecule has 2 aliphatic heterocycles. The molecule has 0 aromatic heterocycles. The van der Waals surface area contributed by atoms with E-state index in [-0.39, 0.29) is 24.1 Å². The largest absolute Gasteiger partial charge is 0.377 e. The fourth-order valence-corrected chi connectivity index (χ4v) is 2.38. The average Bonchev–Trinajstić information content (AvgIpc) is 2.69. The van der Waals surface area contributed by atoms with Gasteiger partial charge in [-0.15, -0.1) is 0 Å². The van der Waals surface area contributed by atoms with Crippen LogP contribution in [0.2, 0.25) is 0 Å². The molecule has 0 saturated carbocycles. The number of morpholine rings is 1. The van der Waals surface area contributed by atoms with E-state index >= 15 is 0 Å². The standard InChI is InChI=1S/C11H19NO3/c1-8-6-14-7-9(2)12(8)11(13)10-4-3-5-15-10/h8-10H,3-7H2,1-2H3/t8-,9-,10-/m1/s1. The molecule has 0 aromatic rings. The van der Waals surface area contributed by atoms with Crippen molar-refractivity contribution in [2.45, 2.75) is 44.9 Å². The van der Waals surface area contributed by atoms with Gasteiger partial charge in [-0.05, 0) is 26.7 Å². The van der Waals surface area contributed by atoms with Crippen LogP contribution < -0.4 is 0 Å². The highest BCUT2D eigenvalue weighted by Gasteiger charge is 2.35. The van der Waals surface area contributed by atoms with Crippen molar-refractivity contribution in [2.75, 3.05) is 19.8 Å². The molecule has 0 bridgehead atoms. The van der Waals surface area contributed by atoms with Crippen LogP contribution in [0.4, 0.5) is 0 Å². The lowest BCUT2D eigenvalue weighted by atomic mass is 10.1. The van der Waals surface area contributed by atoms with Gasteiger partial charge in [-0.25, -0.2) is 0 Å². The number of hydrogen-bond donors (Lipinski definition) is 0. The zero-order valence-electron chi connectivity index (χ0n) is 9.44. The number of carbonyl (C=O) groups is 1. The summed E-state index contributed by atoms with van der Waals surface area (Å²) in [5, 5.41) is 0. The zero-order valence-corrected chi connectivity index (χ0v) is 9.44. The summed E-state index contributed by atoms with van der Waals surface area (Å²) < 4.78 is 10.8. The zero-order chi connectivity index (χ0) is 10.8. The molecule has 0 radical (unpaired) electrons. The van der Waals surface area contributed by atoms with E-state index < -0.39 is 0 Å². The highest BCUT2D eigenvalue weighted by molar-refractivity contribution is 5.81. The minimum Gasteiger partial charge on any atom is -0.377 e. The molecule has 3 atom stereocenters. The third-order valence-corrected chi connectivity index (χ3v) is 3.13. The Labute approximate surface area is 90.5 Å². The maximum atomic E-state index is 12.2. The van der Waals surface area contributed by atoms with E-state index in [1.165, 1.54) is 0 Å². The molecule has 2 heterocycles. The van der Waals surface area contributed by atoms with Crippen LogP contribution in [0.15, 0.2) is 0 Å². The van der Waals surface area contributed by atoms with Crippen molar-refractivity contribution in [1.29, 1.82) is 0 Å². The molecule has 0 unspecified atom stereocenters. The van der Waals surface area contributed by atoms with Crippen molar-refractivity contribution in [3.05, 3.63) is 0 Å². The van der Waals surface area contributed by atoms with Crippen LogP contribution in [0.5, 0.6) is 0 Å². The van der Waals surface area contributed by atoms with Gasteiger partial charge in [0, 0.05) is 6.61 Å². The molecule has 15 heavy (non-hydrogen) atoms. The van der Waals surface area contributed by atoms with Crippen molar-refractivity contribution >= 4 is 5.91 Å². The van der Waals surface area contributed by atoms with Crippen molar-refractivity contribution in [1.82, 2.24) is 4.90 Å². The van der Waals surface area contributed by atoms with E-state index in [1.807, 2.05) is 18.7 Å². The third-order valence-electron chi connectivity index (χ3n) is 3.13. The van der Waals surface area contributed by atoms with E-state index in [0.717, 1.165) is 19.4 Å². The molecule has 0 aliphatic carbocycles. The molecule has 1 amide bonds. The summed E-state index contributed by atoms with van der Waals surface area (Å²) in [5.74, 6) is 0.149. The lowest BCUT2D eigenvalue weighted by Crippen LogP contribution is -2.55. The molecule has 2 aliphatic rings. The van der Waals surface area contributed by atoms with E-state index in [4.69, 9.17) is 9.47 Å². The number of ether oxygens (including phenoxy) is 2. The molecule has 2 fully saturated rings. The van der Waals surface area contributed by atoms with Gasteiger partial charge in [-0.3, -0.25) is 4.79 Å². The Morgan fingerprint density at radius 3 is 2.47 bits per heavy atom. The van der Waals surface area contributed by atoms with E-state index in [0.29, 0.717) is 13.2 Å². The monoisotopic (exact) mass is 213 g/mol. The Hall–Kier alpha value is -0.610. The predicted octanol–water partition coefficient (Wildman–Crippen LogP) is 0.801. The number of nitrogens with zero attached hydrogens (tertiary/aromatic N) is 1. The number of amides is 1. The van der Waals surface area contributed by atoms with Crippen LogP contribution in [-0.4, -0.2) is 48.8 Å². The number of carbonyl (C=O) groups excluding carboxylic acids is 1. The van der Waals surface area contributed by atoms with Crippen LogP contribution in [0.3, 0.4) is 0 Å². The molecular weight excluding hydrogens is 194 g/mol. The summed E-state index contributed by atoms with van der Waals surface area (Å²) in [7, 11) is 0. The second-order valence-corrected chi connectivity index (χ2v) is 4.48. The molecule has 0 spiro atoms. The van der Waals surface area contributed by atoms with Gasteiger partial charge >= 0.3 is 0 Å². The molecule has 2 saturated heterocycles. The summed E-state index contributed by atoms with van der Waals surface area (Å²) in [6.07, 6.45) is 1.67. The first-order valence-corrected chi connectivity index (χ1v) is 5.71. The maximum absolute atomic E-state index is 12.2. The van der Waals surface area contributed by atoms with Crippen molar-refractivity contribution in [3.8, 4) is 0 Å². The van der Waals surface area contributed by atoms with Crippen molar-refractivity contribution in [2.24, 2.45) is 0 Å². The van der Waals surface area contributed by atoms with E-state index in [1.54, 1.807) is 0 Å². The highest BCUT2D eigenvalue weighted by atomic mass is 16.5. The smallest absolute Gasteiger partial charge is 0.252 e. The predicted molar refractivity (Wildman–Crippen MR) is 55.6 cm³/mol. The summed E-state index contributed by atoms with van der Waals surface area (Å²) >= 11 is 0. The van der Waals surface area contributed by atoms with E-state index in [2.05, 4.69) is 0 Å². The Balaban J connectivity index is 2.02. The Morgan fingerprint density at radius 2 is 1.93 bits per heavy atom. The fourth-order valence-electron chi connectivity index (χ4n) is 2.38. The Morgan fingerprint density at radius 1 is 1.27 bits per heavy atom. The maximum Gasteiger partial charge on any atom is 0.252 e. The quantitative estimate of drug-likeness (QED) is 0.646. The number of rotatable bonds is 1. The first-order valence-electron chi connectivity index (χ1n) is 5.71. The molecule has 2 rings (SSSR count). The van der Waals surface area contributed by atoms with Crippen LogP contribution in [0.25, 0.3) is 0 Å². The van der Waals surface area contributed by atoms with Gasteiger partial charge in [-0.2, -0.15) is 0 Å². The molecule has 4 nitrogen and oxygen atoms in total. The fraction of sp³-hybridized carbons (Fsp3) is 0.909. The molecule has 4 heteroatoms. The molecule has 0 aromatic carbocycles. The van der Waals surface area contributed by atoms with Gasteiger partial charge in [-0.1, -0.05) is 0 Å². The second-order valence-electron chi connectivity index (χ2n) is 4.48. The SMILES string of the molecule is C[C@@H]1COC[C@@H](C)N1C(=O)[C@H]1CCCO1.